The SMILES string of the molecule is CCc1cccc(NC(=O)CNC(=NC)NC2CCS(=O)(=O)C2)c1. The van der Waals surface area contributed by atoms with Gasteiger partial charge in [0.05, 0.1) is 18.1 Å². The average Bonchev–Trinajstić information content (AvgIpc) is 2.90. The van der Waals surface area contributed by atoms with Gasteiger partial charge in [-0.15, -0.1) is 0 Å². The fraction of sp³-hybridized carbons (Fsp3) is 0.500. The number of anilines is 1. The number of aliphatic imine (C=N–C) groups is 1. The molecule has 3 N–H and O–H groups in total. The first-order chi connectivity index (χ1) is 11.4. The number of hydrogen-bond donors (Lipinski definition) is 3. The van der Waals surface area contributed by atoms with Crippen LogP contribution >= 0.6 is 0 Å². The molecule has 1 aromatic rings. The second kappa shape index (κ2) is 8.14. The van der Waals surface area contributed by atoms with E-state index < -0.39 is 9.84 Å². The van der Waals surface area contributed by atoms with Crippen LogP contribution in [-0.2, 0) is 21.1 Å². The summed E-state index contributed by atoms with van der Waals surface area (Å²) < 4.78 is 22.9. The van der Waals surface area contributed by atoms with Gasteiger partial charge < -0.3 is 16.0 Å². The Balaban J connectivity index is 1.81. The molecule has 0 bridgehead atoms. The largest absolute Gasteiger partial charge is 0.353 e. The molecule has 1 atom stereocenters. The lowest BCUT2D eigenvalue weighted by molar-refractivity contribution is -0.115. The second-order valence-electron chi connectivity index (χ2n) is 5.77. The summed E-state index contributed by atoms with van der Waals surface area (Å²) >= 11 is 0. The number of nitrogens with one attached hydrogen (secondary N) is 3. The van der Waals surface area contributed by atoms with Crippen molar-refractivity contribution < 1.29 is 13.2 Å². The number of hydrogen-bond acceptors (Lipinski definition) is 4. The molecule has 7 nitrogen and oxygen atoms in total. The molecule has 1 amide bonds. The number of sulfone groups is 1. The smallest absolute Gasteiger partial charge is 0.243 e. The highest BCUT2D eigenvalue weighted by atomic mass is 32.2. The van der Waals surface area contributed by atoms with Crippen molar-refractivity contribution in [2.24, 2.45) is 4.99 Å². The molecule has 1 aromatic carbocycles. The molecule has 1 fully saturated rings. The highest BCUT2D eigenvalue weighted by Gasteiger charge is 2.28. The fourth-order valence-electron chi connectivity index (χ4n) is 2.54. The molecule has 1 aliphatic heterocycles. The third kappa shape index (κ3) is 5.52. The van der Waals surface area contributed by atoms with Crippen LogP contribution in [0.3, 0.4) is 0 Å². The van der Waals surface area contributed by atoms with Crippen molar-refractivity contribution in [3.8, 4) is 0 Å². The van der Waals surface area contributed by atoms with E-state index in [2.05, 4.69) is 27.9 Å². The standard InChI is InChI=1S/C16H24N4O3S/c1-3-12-5-4-6-13(9-12)19-15(21)10-18-16(17-2)20-14-7-8-24(22,23)11-14/h4-6,9,14H,3,7-8,10-11H2,1-2H3,(H,19,21)(H2,17,18,20). The Labute approximate surface area is 142 Å². The number of nitrogens with zero attached hydrogens (tertiary/aromatic N) is 1. The quantitative estimate of drug-likeness (QED) is 0.530. The Morgan fingerprint density at radius 3 is 2.79 bits per heavy atom. The van der Waals surface area contributed by atoms with Gasteiger partial charge in [0.15, 0.2) is 15.8 Å². The molecule has 1 unspecified atom stereocenters. The van der Waals surface area contributed by atoms with Gasteiger partial charge in [0.1, 0.15) is 0 Å². The number of benzene rings is 1. The van der Waals surface area contributed by atoms with Gasteiger partial charge in [-0.2, -0.15) is 0 Å². The lowest BCUT2D eigenvalue weighted by Crippen LogP contribution is -2.46. The Bertz CT molecular complexity index is 716. The van der Waals surface area contributed by atoms with Gasteiger partial charge in [0.25, 0.3) is 0 Å². The Hall–Kier alpha value is -2.09. The van der Waals surface area contributed by atoms with Gasteiger partial charge in [0, 0.05) is 18.8 Å². The van der Waals surface area contributed by atoms with Crippen LogP contribution in [0.2, 0.25) is 0 Å². The Kier molecular flexibility index (Phi) is 6.19. The third-order valence-electron chi connectivity index (χ3n) is 3.83. The molecule has 24 heavy (non-hydrogen) atoms. The molecule has 2 rings (SSSR count). The summed E-state index contributed by atoms with van der Waals surface area (Å²) in [6.07, 6.45) is 1.46. The minimum absolute atomic E-state index is 0.0511. The van der Waals surface area contributed by atoms with Crippen LogP contribution in [-0.4, -0.2) is 51.4 Å². The summed E-state index contributed by atoms with van der Waals surface area (Å²) in [6.45, 7) is 2.11. The first-order valence-corrected chi connectivity index (χ1v) is 9.80. The van der Waals surface area contributed by atoms with Crippen LogP contribution in [0, 0.1) is 0 Å². The topological polar surface area (TPSA) is 99.7 Å². The Morgan fingerprint density at radius 1 is 1.38 bits per heavy atom. The van der Waals surface area contributed by atoms with Crippen molar-refractivity contribution in [2.75, 3.05) is 30.4 Å². The normalized spacial score (nSPS) is 19.8. The molecule has 0 spiro atoms. The number of rotatable bonds is 5. The zero-order valence-electron chi connectivity index (χ0n) is 14.0. The molecular formula is C16H24N4O3S. The number of guanidine groups is 1. The first-order valence-electron chi connectivity index (χ1n) is 7.98. The summed E-state index contributed by atoms with van der Waals surface area (Å²) in [5.41, 5.74) is 1.91. The van der Waals surface area contributed by atoms with Crippen molar-refractivity contribution >= 4 is 27.4 Å². The molecule has 0 aliphatic carbocycles. The maximum Gasteiger partial charge on any atom is 0.243 e. The molecule has 1 heterocycles. The maximum absolute atomic E-state index is 12.0. The first kappa shape index (κ1) is 18.3. The number of aryl methyl sites for hydroxylation is 1. The lowest BCUT2D eigenvalue weighted by atomic mass is 10.1. The lowest BCUT2D eigenvalue weighted by Gasteiger charge is -2.16. The Morgan fingerprint density at radius 2 is 2.17 bits per heavy atom. The van der Waals surface area contributed by atoms with Gasteiger partial charge in [0.2, 0.25) is 5.91 Å². The molecule has 0 aromatic heterocycles. The van der Waals surface area contributed by atoms with E-state index in [0.29, 0.717) is 12.4 Å². The van der Waals surface area contributed by atoms with E-state index in [9.17, 15) is 13.2 Å². The molecule has 1 saturated heterocycles. The summed E-state index contributed by atoms with van der Waals surface area (Å²) in [6, 6.07) is 7.53. The number of amides is 1. The minimum atomic E-state index is -2.95. The maximum atomic E-state index is 12.0. The average molecular weight is 352 g/mol. The van der Waals surface area contributed by atoms with E-state index in [-0.39, 0.29) is 30.0 Å². The van der Waals surface area contributed by atoms with Crippen molar-refractivity contribution in [3.05, 3.63) is 29.8 Å². The molecule has 132 valence electrons. The molecule has 0 radical (unpaired) electrons. The fourth-order valence-corrected chi connectivity index (χ4v) is 4.21. The predicted octanol–water partition coefficient (Wildman–Crippen LogP) is 0.540. The van der Waals surface area contributed by atoms with Gasteiger partial charge in [-0.3, -0.25) is 9.79 Å². The van der Waals surface area contributed by atoms with Crippen LogP contribution in [0.25, 0.3) is 0 Å². The highest BCUT2D eigenvalue weighted by molar-refractivity contribution is 7.91. The summed E-state index contributed by atoms with van der Waals surface area (Å²) in [5.74, 6) is 0.527. The number of carbonyl (C=O) groups is 1. The summed E-state index contributed by atoms with van der Waals surface area (Å²) in [4.78, 5) is 16.0. The van der Waals surface area contributed by atoms with Crippen molar-refractivity contribution in [1.29, 1.82) is 0 Å². The van der Waals surface area contributed by atoms with Gasteiger partial charge >= 0.3 is 0 Å². The van der Waals surface area contributed by atoms with Gasteiger partial charge in [-0.1, -0.05) is 19.1 Å². The zero-order valence-corrected chi connectivity index (χ0v) is 14.8. The monoisotopic (exact) mass is 352 g/mol. The van der Waals surface area contributed by atoms with Gasteiger partial charge in [-0.25, -0.2) is 8.42 Å². The van der Waals surface area contributed by atoms with E-state index in [4.69, 9.17) is 0 Å². The van der Waals surface area contributed by atoms with Crippen molar-refractivity contribution in [3.63, 3.8) is 0 Å². The van der Waals surface area contributed by atoms with Crippen LogP contribution in [0.5, 0.6) is 0 Å². The third-order valence-corrected chi connectivity index (χ3v) is 5.60. The minimum Gasteiger partial charge on any atom is -0.353 e. The zero-order chi connectivity index (χ0) is 17.6. The van der Waals surface area contributed by atoms with Gasteiger partial charge in [-0.05, 0) is 30.5 Å². The van der Waals surface area contributed by atoms with E-state index in [1.54, 1.807) is 7.05 Å². The van der Waals surface area contributed by atoms with E-state index >= 15 is 0 Å². The second-order valence-corrected chi connectivity index (χ2v) is 8.00. The predicted molar refractivity (Wildman–Crippen MR) is 96.0 cm³/mol. The van der Waals surface area contributed by atoms with Crippen LogP contribution < -0.4 is 16.0 Å². The molecular weight excluding hydrogens is 328 g/mol. The summed E-state index contributed by atoms with van der Waals surface area (Å²) in [7, 11) is -1.37. The van der Waals surface area contributed by atoms with E-state index in [1.165, 1.54) is 0 Å². The molecule has 0 saturated carbocycles. The van der Waals surface area contributed by atoms with Crippen molar-refractivity contribution in [2.45, 2.75) is 25.8 Å². The van der Waals surface area contributed by atoms with Crippen LogP contribution in [0.15, 0.2) is 29.3 Å². The molecule has 1 aliphatic rings. The summed E-state index contributed by atoms with van der Waals surface area (Å²) in [5, 5.41) is 8.77. The molecule has 8 heteroatoms. The van der Waals surface area contributed by atoms with E-state index in [0.717, 1.165) is 17.7 Å². The van der Waals surface area contributed by atoms with E-state index in [1.807, 2.05) is 24.3 Å². The number of carbonyl (C=O) groups excluding carboxylic acids is 1. The van der Waals surface area contributed by atoms with Crippen LogP contribution in [0.1, 0.15) is 18.9 Å². The van der Waals surface area contributed by atoms with Crippen LogP contribution in [0.4, 0.5) is 5.69 Å². The van der Waals surface area contributed by atoms with Crippen molar-refractivity contribution in [1.82, 2.24) is 10.6 Å². The highest BCUT2D eigenvalue weighted by Crippen LogP contribution is 2.11.